The number of nitrogens with two attached hydrogens (primary N) is 1. The number of hydrogen-bond donors (Lipinski definition) is 2. The lowest BCUT2D eigenvalue weighted by atomic mass is 10.3. The standard InChI is InChI=1S/C7H16N2O2.ClH/c1-5(2)11-7(10)6(8)4-9-3;/h5-6,9H,4,8H2,1-3H3;1H/t6-;/m0./s1. The molecule has 0 aromatic rings. The molecule has 0 bridgehead atoms. The Labute approximate surface area is 79.2 Å². The number of carbonyl (C=O) groups excluding carboxylic acids is 1. The van der Waals surface area contributed by atoms with Crippen molar-refractivity contribution in [2.24, 2.45) is 5.73 Å². The molecule has 0 aliphatic carbocycles. The van der Waals surface area contributed by atoms with Crippen molar-refractivity contribution < 1.29 is 9.53 Å². The van der Waals surface area contributed by atoms with Gasteiger partial charge in [0.2, 0.25) is 0 Å². The number of esters is 1. The lowest BCUT2D eigenvalue weighted by molar-refractivity contribution is -0.148. The first-order chi connectivity index (χ1) is 5.07. The molecule has 0 heterocycles. The Balaban J connectivity index is 0. The Hall–Kier alpha value is -0.320. The van der Waals surface area contributed by atoms with Gasteiger partial charge in [-0.25, -0.2) is 0 Å². The number of rotatable bonds is 4. The van der Waals surface area contributed by atoms with E-state index >= 15 is 0 Å². The SMILES string of the molecule is CNC[C@H](N)C(=O)OC(C)C.Cl. The second-order valence-corrected chi connectivity index (χ2v) is 2.65. The number of nitrogens with one attached hydrogen (secondary N) is 1. The number of ether oxygens (including phenoxy) is 1. The van der Waals surface area contributed by atoms with Gasteiger partial charge in [-0.05, 0) is 20.9 Å². The zero-order valence-electron chi connectivity index (χ0n) is 7.66. The van der Waals surface area contributed by atoms with Gasteiger partial charge in [-0.2, -0.15) is 0 Å². The number of hydrogen-bond acceptors (Lipinski definition) is 4. The first kappa shape index (κ1) is 14.2. The third-order valence-corrected chi connectivity index (χ3v) is 1.08. The molecular weight excluding hydrogens is 180 g/mol. The highest BCUT2D eigenvalue weighted by atomic mass is 35.5. The Morgan fingerprint density at radius 2 is 2.08 bits per heavy atom. The van der Waals surface area contributed by atoms with Crippen molar-refractivity contribution in [1.29, 1.82) is 0 Å². The Bertz CT molecular complexity index is 131. The monoisotopic (exact) mass is 196 g/mol. The van der Waals surface area contributed by atoms with Gasteiger partial charge in [0.25, 0.3) is 0 Å². The normalized spacial score (nSPS) is 12.1. The molecule has 0 spiro atoms. The van der Waals surface area contributed by atoms with Crippen LogP contribution in [0.25, 0.3) is 0 Å². The van der Waals surface area contributed by atoms with E-state index in [1.54, 1.807) is 20.9 Å². The van der Waals surface area contributed by atoms with Gasteiger partial charge in [-0.3, -0.25) is 4.79 Å². The first-order valence-electron chi connectivity index (χ1n) is 3.68. The largest absolute Gasteiger partial charge is 0.462 e. The molecule has 0 aromatic heterocycles. The highest BCUT2D eigenvalue weighted by Crippen LogP contribution is 1.91. The Morgan fingerprint density at radius 3 is 2.42 bits per heavy atom. The molecule has 0 unspecified atom stereocenters. The molecule has 0 fully saturated rings. The second kappa shape index (κ2) is 7.34. The van der Waals surface area contributed by atoms with Gasteiger partial charge in [0.1, 0.15) is 6.04 Å². The molecule has 0 saturated heterocycles. The van der Waals surface area contributed by atoms with Crippen LogP contribution in [0.4, 0.5) is 0 Å². The highest BCUT2D eigenvalue weighted by Gasteiger charge is 2.14. The summed E-state index contributed by atoms with van der Waals surface area (Å²) in [5.41, 5.74) is 5.44. The van der Waals surface area contributed by atoms with E-state index in [9.17, 15) is 4.79 Å². The molecule has 0 aliphatic heterocycles. The third kappa shape index (κ3) is 6.39. The van der Waals surface area contributed by atoms with E-state index in [4.69, 9.17) is 10.5 Å². The summed E-state index contributed by atoms with van der Waals surface area (Å²) in [7, 11) is 1.74. The van der Waals surface area contributed by atoms with E-state index in [0.717, 1.165) is 0 Å². The molecule has 0 saturated carbocycles. The fourth-order valence-electron chi connectivity index (χ4n) is 0.623. The van der Waals surface area contributed by atoms with Crippen LogP contribution in [0.5, 0.6) is 0 Å². The predicted molar refractivity (Wildman–Crippen MR) is 50.4 cm³/mol. The van der Waals surface area contributed by atoms with Crippen molar-refractivity contribution in [3.05, 3.63) is 0 Å². The Morgan fingerprint density at radius 1 is 1.58 bits per heavy atom. The molecule has 0 amide bonds. The van der Waals surface area contributed by atoms with Crippen LogP contribution in [-0.2, 0) is 9.53 Å². The zero-order valence-corrected chi connectivity index (χ0v) is 8.48. The van der Waals surface area contributed by atoms with Crippen LogP contribution < -0.4 is 11.1 Å². The number of carbonyl (C=O) groups is 1. The summed E-state index contributed by atoms with van der Waals surface area (Å²) in [6.45, 7) is 4.04. The topological polar surface area (TPSA) is 64.3 Å². The summed E-state index contributed by atoms with van der Waals surface area (Å²) < 4.78 is 4.86. The van der Waals surface area contributed by atoms with Crippen LogP contribution >= 0.6 is 12.4 Å². The van der Waals surface area contributed by atoms with Crippen LogP contribution in [0, 0.1) is 0 Å². The van der Waals surface area contributed by atoms with Crippen molar-refractivity contribution in [1.82, 2.24) is 5.32 Å². The van der Waals surface area contributed by atoms with E-state index in [1.165, 1.54) is 0 Å². The van der Waals surface area contributed by atoms with Gasteiger partial charge in [0.15, 0.2) is 0 Å². The lowest BCUT2D eigenvalue weighted by Crippen LogP contribution is -2.41. The maximum Gasteiger partial charge on any atom is 0.324 e. The van der Waals surface area contributed by atoms with Crippen LogP contribution in [0.3, 0.4) is 0 Å². The summed E-state index contributed by atoms with van der Waals surface area (Å²) >= 11 is 0. The first-order valence-corrected chi connectivity index (χ1v) is 3.68. The minimum Gasteiger partial charge on any atom is -0.462 e. The number of likely N-dealkylation sites (N-methyl/N-ethyl adjacent to an activating group) is 1. The average molecular weight is 197 g/mol. The van der Waals surface area contributed by atoms with Gasteiger partial charge in [-0.1, -0.05) is 0 Å². The van der Waals surface area contributed by atoms with E-state index in [1.807, 2.05) is 0 Å². The fourth-order valence-corrected chi connectivity index (χ4v) is 0.623. The molecule has 4 nitrogen and oxygen atoms in total. The fraction of sp³-hybridized carbons (Fsp3) is 0.857. The predicted octanol–water partition coefficient (Wildman–Crippen LogP) is -0.0935. The van der Waals surface area contributed by atoms with Crippen molar-refractivity contribution in [2.45, 2.75) is 26.0 Å². The summed E-state index contributed by atoms with van der Waals surface area (Å²) in [4.78, 5) is 11.0. The summed E-state index contributed by atoms with van der Waals surface area (Å²) in [5, 5.41) is 2.80. The Kier molecular flexibility index (Phi) is 8.69. The van der Waals surface area contributed by atoms with Gasteiger partial charge in [-0.15, -0.1) is 12.4 Å². The highest BCUT2D eigenvalue weighted by molar-refractivity contribution is 5.85. The third-order valence-electron chi connectivity index (χ3n) is 1.08. The average Bonchev–Trinajstić information content (AvgIpc) is 1.86. The number of halogens is 1. The van der Waals surface area contributed by atoms with E-state index in [2.05, 4.69) is 5.32 Å². The van der Waals surface area contributed by atoms with Crippen molar-refractivity contribution in [3.8, 4) is 0 Å². The van der Waals surface area contributed by atoms with Crippen LogP contribution in [0.15, 0.2) is 0 Å². The second-order valence-electron chi connectivity index (χ2n) is 2.65. The molecule has 12 heavy (non-hydrogen) atoms. The summed E-state index contributed by atoms with van der Waals surface area (Å²) in [6.07, 6.45) is -0.0922. The maximum absolute atomic E-state index is 11.0. The minimum absolute atomic E-state index is 0. The molecule has 0 aromatic carbocycles. The molecule has 0 aliphatic rings. The van der Waals surface area contributed by atoms with Gasteiger partial charge < -0.3 is 15.8 Å². The van der Waals surface area contributed by atoms with Crippen molar-refractivity contribution >= 4 is 18.4 Å². The molecule has 5 heteroatoms. The molecule has 74 valence electrons. The molecule has 0 radical (unpaired) electrons. The zero-order chi connectivity index (χ0) is 8.85. The smallest absolute Gasteiger partial charge is 0.324 e. The molecule has 0 rings (SSSR count). The summed E-state index contributed by atoms with van der Waals surface area (Å²) in [6, 6.07) is -0.553. The molecule has 1 atom stereocenters. The lowest BCUT2D eigenvalue weighted by Gasteiger charge is -2.12. The van der Waals surface area contributed by atoms with E-state index < -0.39 is 6.04 Å². The van der Waals surface area contributed by atoms with Crippen LogP contribution in [0.1, 0.15) is 13.8 Å². The van der Waals surface area contributed by atoms with Gasteiger partial charge in [0, 0.05) is 6.54 Å². The van der Waals surface area contributed by atoms with Crippen LogP contribution in [-0.4, -0.2) is 31.7 Å². The van der Waals surface area contributed by atoms with Crippen LogP contribution in [0.2, 0.25) is 0 Å². The van der Waals surface area contributed by atoms with Crippen molar-refractivity contribution in [3.63, 3.8) is 0 Å². The van der Waals surface area contributed by atoms with Gasteiger partial charge in [0.05, 0.1) is 6.10 Å². The molecule has 3 N–H and O–H groups in total. The minimum atomic E-state index is -0.553. The quantitative estimate of drug-likeness (QED) is 0.617. The van der Waals surface area contributed by atoms with E-state index in [-0.39, 0.29) is 24.5 Å². The summed E-state index contributed by atoms with van der Waals surface area (Å²) in [5.74, 6) is -0.352. The van der Waals surface area contributed by atoms with E-state index in [0.29, 0.717) is 6.54 Å². The van der Waals surface area contributed by atoms with Gasteiger partial charge >= 0.3 is 5.97 Å². The van der Waals surface area contributed by atoms with Crippen molar-refractivity contribution in [2.75, 3.05) is 13.6 Å². The maximum atomic E-state index is 11.0. The molecular formula is C7H17ClN2O2.